The van der Waals surface area contributed by atoms with E-state index in [-0.39, 0.29) is 18.2 Å². The normalized spacial score (nSPS) is 13.9. The van der Waals surface area contributed by atoms with E-state index in [2.05, 4.69) is 5.32 Å². The van der Waals surface area contributed by atoms with Crippen molar-refractivity contribution in [2.24, 2.45) is 0 Å². The summed E-state index contributed by atoms with van der Waals surface area (Å²) in [4.78, 5) is 26.5. The van der Waals surface area contributed by atoms with Gasteiger partial charge in [-0.15, -0.1) is 0 Å². The molecular formula is C19H19ClN2O5. The van der Waals surface area contributed by atoms with Crippen molar-refractivity contribution in [2.75, 3.05) is 31.7 Å². The molecule has 2 aromatic rings. The number of carbonyl (C=O) groups excluding carboxylic acids is 2. The van der Waals surface area contributed by atoms with E-state index in [1.54, 1.807) is 30.3 Å². The van der Waals surface area contributed by atoms with Gasteiger partial charge in [-0.2, -0.15) is 0 Å². The summed E-state index contributed by atoms with van der Waals surface area (Å²) in [6.07, 6.45) is 0. The Morgan fingerprint density at radius 3 is 2.74 bits per heavy atom. The van der Waals surface area contributed by atoms with Gasteiger partial charge in [0.15, 0.2) is 6.04 Å². The van der Waals surface area contributed by atoms with Gasteiger partial charge in [-0.25, -0.2) is 4.79 Å². The molecule has 0 saturated carbocycles. The minimum atomic E-state index is -0.969. The molecule has 0 bridgehead atoms. The summed E-state index contributed by atoms with van der Waals surface area (Å²) in [7, 11) is 1.25. The number of halogens is 1. The number of phenolic OH excluding ortho intramolecular Hbond substituents is 1. The van der Waals surface area contributed by atoms with Crippen LogP contribution in [-0.2, 0) is 14.3 Å². The third kappa shape index (κ3) is 4.43. The fourth-order valence-electron chi connectivity index (χ4n) is 2.85. The highest BCUT2D eigenvalue weighted by atomic mass is 35.5. The van der Waals surface area contributed by atoms with Crippen LogP contribution in [0.2, 0.25) is 5.02 Å². The number of amides is 1. The van der Waals surface area contributed by atoms with Gasteiger partial charge >= 0.3 is 5.97 Å². The first-order valence-electron chi connectivity index (χ1n) is 8.31. The van der Waals surface area contributed by atoms with Crippen LogP contribution in [0.4, 0.5) is 5.69 Å². The van der Waals surface area contributed by atoms with Gasteiger partial charge in [-0.05, 0) is 35.9 Å². The summed E-state index contributed by atoms with van der Waals surface area (Å²) in [6.45, 7) is 0.992. The lowest BCUT2D eigenvalue weighted by Crippen LogP contribution is -2.44. The fraction of sp³-hybridized carbons (Fsp3) is 0.263. The third-order valence-electron chi connectivity index (χ3n) is 4.18. The third-order valence-corrected chi connectivity index (χ3v) is 4.42. The van der Waals surface area contributed by atoms with Gasteiger partial charge in [0, 0.05) is 5.02 Å². The summed E-state index contributed by atoms with van der Waals surface area (Å²) in [5, 5.41) is 12.6. The van der Waals surface area contributed by atoms with Gasteiger partial charge < -0.3 is 24.8 Å². The molecule has 2 N–H and O–H groups in total. The summed E-state index contributed by atoms with van der Waals surface area (Å²) in [6, 6.07) is 10.2. The lowest BCUT2D eigenvalue weighted by atomic mass is 10.1. The van der Waals surface area contributed by atoms with Crippen LogP contribution in [0.15, 0.2) is 42.5 Å². The van der Waals surface area contributed by atoms with E-state index in [9.17, 15) is 14.7 Å². The molecule has 1 aliphatic rings. The first kappa shape index (κ1) is 18.8. The van der Waals surface area contributed by atoms with Crippen molar-refractivity contribution in [2.45, 2.75) is 6.04 Å². The van der Waals surface area contributed by atoms with Crippen molar-refractivity contribution in [1.29, 1.82) is 0 Å². The van der Waals surface area contributed by atoms with E-state index in [1.807, 2.05) is 4.90 Å². The Morgan fingerprint density at radius 1 is 1.30 bits per heavy atom. The molecule has 3 rings (SSSR count). The van der Waals surface area contributed by atoms with Crippen LogP contribution in [-0.4, -0.2) is 43.8 Å². The molecule has 7 nitrogen and oxygen atoms in total. The highest BCUT2D eigenvalue weighted by molar-refractivity contribution is 6.31. The summed E-state index contributed by atoms with van der Waals surface area (Å²) in [5.41, 5.74) is 1.24. The molecule has 1 aliphatic heterocycles. The Labute approximate surface area is 161 Å². The number of anilines is 1. The molecule has 1 heterocycles. The number of fused-ring (bicyclic) bond motifs is 1. The van der Waals surface area contributed by atoms with Crippen LogP contribution in [0.5, 0.6) is 11.5 Å². The average molecular weight is 391 g/mol. The quantitative estimate of drug-likeness (QED) is 0.761. The molecule has 0 saturated heterocycles. The van der Waals surface area contributed by atoms with Gasteiger partial charge in [0.25, 0.3) is 0 Å². The highest BCUT2D eigenvalue weighted by Gasteiger charge is 2.26. The number of hydrogen-bond donors (Lipinski definition) is 2. The minimum absolute atomic E-state index is 0.0300. The van der Waals surface area contributed by atoms with E-state index in [0.29, 0.717) is 29.5 Å². The number of carbonyl (C=O) groups is 2. The number of nitrogens with zero attached hydrogens (tertiary/aromatic N) is 1. The van der Waals surface area contributed by atoms with E-state index in [0.717, 1.165) is 5.69 Å². The maximum absolute atomic E-state index is 12.6. The van der Waals surface area contributed by atoms with E-state index in [4.69, 9.17) is 21.1 Å². The van der Waals surface area contributed by atoms with Crippen molar-refractivity contribution < 1.29 is 24.2 Å². The van der Waals surface area contributed by atoms with Crippen LogP contribution in [0.25, 0.3) is 0 Å². The predicted molar refractivity (Wildman–Crippen MR) is 100 cm³/mol. The number of rotatable bonds is 5. The largest absolute Gasteiger partial charge is 0.508 e. The van der Waals surface area contributed by atoms with Crippen molar-refractivity contribution in [3.63, 3.8) is 0 Å². The topological polar surface area (TPSA) is 88.1 Å². The van der Waals surface area contributed by atoms with Crippen LogP contribution in [0, 0.1) is 0 Å². The number of hydrogen-bond acceptors (Lipinski definition) is 6. The zero-order valence-electron chi connectivity index (χ0n) is 14.6. The second-order valence-electron chi connectivity index (χ2n) is 6.00. The molecule has 0 aromatic heterocycles. The Hall–Kier alpha value is -2.93. The number of phenols is 1. The molecule has 0 aliphatic carbocycles. The van der Waals surface area contributed by atoms with Crippen LogP contribution in [0.3, 0.4) is 0 Å². The number of methoxy groups -OCH3 is 1. The van der Waals surface area contributed by atoms with Gasteiger partial charge in [0.1, 0.15) is 18.1 Å². The summed E-state index contributed by atoms with van der Waals surface area (Å²) >= 11 is 6.05. The van der Waals surface area contributed by atoms with Gasteiger partial charge in [-0.1, -0.05) is 23.7 Å². The SMILES string of the molecule is COC(=O)[C@@H](NC(=O)CN1CCOc2ccc(Cl)cc21)c1ccc(O)cc1. The molecule has 0 unspecified atom stereocenters. The van der Waals surface area contributed by atoms with E-state index >= 15 is 0 Å². The second kappa shape index (κ2) is 8.18. The van der Waals surface area contributed by atoms with E-state index in [1.165, 1.54) is 19.2 Å². The summed E-state index contributed by atoms with van der Waals surface area (Å²) < 4.78 is 10.4. The molecule has 142 valence electrons. The van der Waals surface area contributed by atoms with Gasteiger partial charge in [0.2, 0.25) is 5.91 Å². The Bertz CT molecular complexity index is 840. The smallest absolute Gasteiger partial charge is 0.333 e. The van der Waals surface area contributed by atoms with Crippen LogP contribution < -0.4 is 15.0 Å². The molecule has 27 heavy (non-hydrogen) atoms. The van der Waals surface area contributed by atoms with Crippen LogP contribution in [0.1, 0.15) is 11.6 Å². The fourth-order valence-corrected chi connectivity index (χ4v) is 3.02. The zero-order valence-corrected chi connectivity index (χ0v) is 15.4. The lowest BCUT2D eigenvalue weighted by Gasteiger charge is -2.31. The monoisotopic (exact) mass is 390 g/mol. The Kier molecular flexibility index (Phi) is 5.71. The number of nitrogens with one attached hydrogen (secondary N) is 1. The van der Waals surface area contributed by atoms with Crippen LogP contribution >= 0.6 is 11.6 Å². The van der Waals surface area contributed by atoms with Crippen molar-refractivity contribution >= 4 is 29.2 Å². The Morgan fingerprint density at radius 2 is 2.04 bits per heavy atom. The predicted octanol–water partition coefficient (Wildman–Crippen LogP) is 2.27. The zero-order chi connectivity index (χ0) is 19.4. The molecule has 0 radical (unpaired) electrons. The Balaban J connectivity index is 1.75. The van der Waals surface area contributed by atoms with Crippen molar-refractivity contribution in [1.82, 2.24) is 5.32 Å². The molecule has 1 atom stereocenters. The number of aromatic hydroxyl groups is 1. The summed E-state index contributed by atoms with van der Waals surface area (Å²) in [5.74, 6) is -0.234. The van der Waals surface area contributed by atoms with E-state index < -0.39 is 12.0 Å². The number of benzene rings is 2. The number of ether oxygens (including phenoxy) is 2. The van der Waals surface area contributed by atoms with Gasteiger partial charge in [0.05, 0.1) is 25.9 Å². The molecule has 8 heteroatoms. The maximum atomic E-state index is 12.6. The number of esters is 1. The maximum Gasteiger partial charge on any atom is 0.333 e. The molecule has 0 spiro atoms. The molecule has 1 amide bonds. The first-order chi connectivity index (χ1) is 13.0. The second-order valence-corrected chi connectivity index (χ2v) is 6.43. The van der Waals surface area contributed by atoms with Crippen molar-refractivity contribution in [3.8, 4) is 11.5 Å². The molecule has 2 aromatic carbocycles. The lowest BCUT2D eigenvalue weighted by molar-refractivity contribution is -0.145. The highest BCUT2D eigenvalue weighted by Crippen LogP contribution is 2.33. The first-order valence-corrected chi connectivity index (χ1v) is 8.69. The minimum Gasteiger partial charge on any atom is -0.508 e. The molecule has 0 fully saturated rings. The van der Waals surface area contributed by atoms with Crippen molar-refractivity contribution in [3.05, 3.63) is 53.1 Å². The standard InChI is InChI=1S/C19H19ClN2O5/c1-26-19(25)18(12-2-5-14(23)6-3-12)21-17(24)11-22-8-9-27-16-7-4-13(20)10-15(16)22/h2-7,10,18,23H,8-9,11H2,1H3,(H,21,24)/t18-/m0/s1. The molecular weight excluding hydrogens is 372 g/mol. The average Bonchev–Trinajstić information content (AvgIpc) is 2.67. The van der Waals surface area contributed by atoms with Gasteiger partial charge in [-0.3, -0.25) is 4.79 Å².